The molecular weight excluding hydrogens is 738 g/mol. The van der Waals surface area contributed by atoms with E-state index in [2.05, 4.69) is 140 Å². The maximum Gasteiger partial charge on any atom is 0.280 e. The number of unbranched alkanes of at least 4 members (excludes halogenated alkanes) is 1. The van der Waals surface area contributed by atoms with Crippen LogP contribution in [0.1, 0.15) is 26.7 Å². The number of fused-ring (bicyclic) bond motifs is 1. The van der Waals surface area contributed by atoms with Gasteiger partial charge in [0.25, 0.3) is 5.56 Å². The summed E-state index contributed by atoms with van der Waals surface area (Å²) in [5.41, 5.74) is 3.90. The Balaban J connectivity index is 0.993. The van der Waals surface area contributed by atoms with E-state index in [4.69, 9.17) is 9.84 Å². The van der Waals surface area contributed by atoms with E-state index in [1.165, 1.54) is 21.6 Å². The quantitative estimate of drug-likeness (QED) is 0.0767. The Bertz CT molecular complexity index is 2490. The summed E-state index contributed by atoms with van der Waals surface area (Å²) in [4.78, 5) is 17.3. The zero-order valence-electron chi connectivity index (χ0n) is 32.5. The molecule has 0 saturated carbocycles. The molecule has 8 rings (SSSR count). The Morgan fingerprint density at radius 2 is 1.14 bits per heavy atom. The van der Waals surface area contributed by atoms with Crippen LogP contribution in [0.2, 0.25) is 0 Å². The van der Waals surface area contributed by atoms with Gasteiger partial charge in [0.1, 0.15) is 33.9 Å². The van der Waals surface area contributed by atoms with Gasteiger partial charge in [0.05, 0.1) is 23.8 Å². The zero-order valence-corrected chi connectivity index (χ0v) is 34.2. The monoisotopic (exact) mass is 784 g/mol. The van der Waals surface area contributed by atoms with Gasteiger partial charge >= 0.3 is 0 Å². The number of benzene rings is 6. The van der Waals surface area contributed by atoms with Crippen LogP contribution in [0.4, 0.5) is 5.69 Å². The molecule has 0 fully saturated rings. The van der Waals surface area contributed by atoms with E-state index in [-0.39, 0.29) is 5.56 Å². The van der Waals surface area contributed by atoms with Crippen molar-refractivity contribution in [3.05, 3.63) is 186 Å². The summed E-state index contributed by atoms with van der Waals surface area (Å²) in [5.74, 6) is 0.821. The maximum atomic E-state index is 13.9. The lowest BCUT2D eigenvalue weighted by Gasteiger charge is -2.27. The second-order valence-corrected chi connectivity index (χ2v) is 18.8. The summed E-state index contributed by atoms with van der Waals surface area (Å²) < 4.78 is 7.90. The minimum Gasteiger partial charge on any atom is -0.494 e. The molecule has 0 amide bonds. The van der Waals surface area contributed by atoms with Crippen molar-refractivity contribution in [1.82, 2.24) is 9.78 Å². The highest BCUT2D eigenvalue weighted by atomic mass is 32.1. The highest BCUT2D eigenvalue weighted by Crippen LogP contribution is 2.56. The van der Waals surface area contributed by atoms with Crippen LogP contribution in [0.25, 0.3) is 37.5 Å². The molecule has 0 radical (unpaired) electrons. The van der Waals surface area contributed by atoms with Crippen molar-refractivity contribution < 1.29 is 4.74 Å². The largest absolute Gasteiger partial charge is 0.494 e. The average molecular weight is 785 g/mol. The third-order valence-corrected chi connectivity index (χ3v) is 16.4. The molecule has 0 spiro atoms. The highest BCUT2D eigenvalue weighted by Gasteiger charge is 2.44. The molecule has 6 aromatic carbocycles. The van der Waals surface area contributed by atoms with Gasteiger partial charge in [-0.05, 0) is 123 Å². The molecule has 0 N–H and O–H groups in total. The number of hydrogen-bond acceptors (Lipinski definition) is 5. The number of nitrogens with zero attached hydrogens (tertiary/aromatic N) is 3. The molecule has 8 aromatic rings. The zero-order chi connectivity index (χ0) is 39.0. The lowest BCUT2D eigenvalue weighted by atomic mass is 10.0. The number of hydrogen-bond donors (Lipinski definition) is 0. The Labute approximate surface area is 340 Å². The van der Waals surface area contributed by atoms with E-state index in [0.717, 1.165) is 69.9 Å². The average Bonchev–Trinajstić information content (AvgIpc) is 3.77. The third-order valence-electron chi connectivity index (χ3n) is 10.8. The van der Waals surface area contributed by atoms with Crippen LogP contribution < -0.4 is 31.1 Å². The lowest BCUT2D eigenvalue weighted by Crippen LogP contribution is -2.33. The summed E-state index contributed by atoms with van der Waals surface area (Å²) >= 11 is 1.57. The van der Waals surface area contributed by atoms with Crippen molar-refractivity contribution in [2.45, 2.75) is 26.7 Å². The number of thiophene rings is 1. The number of aromatic nitrogens is 2. The van der Waals surface area contributed by atoms with Gasteiger partial charge in [0, 0.05) is 34.6 Å². The number of ether oxygens (including phenoxy) is 1. The molecule has 0 aliphatic heterocycles. The fourth-order valence-corrected chi connectivity index (χ4v) is 13.2. The summed E-state index contributed by atoms with van der Waals surface area (Å²) in [6, 6.07) is 61.8. The Morgan fingerprint density at radius 3 is 1.72 bits per heavy atom. The van der Waals surface area contributed by atoms with Crippen LogP contribution in [0.15, 0.2) is 181 Å². The van der Waals surface area contributed by atoms with E-state index >= 15 is 0 Å². The van der Waals surface area contributed by atoms with Crippen molar-refractivity contribution in [3.63, 3.8) is 0 Å². The van der Waals surface area contributed by atoms with E-state index < -0.39 is 7.26 Å². The van der Waals surface area contributed by atoms with E-state index in [9.17, 15) is 4.79 Å². The van der Waals surface area contributed by atoms with Gasteiger partial charge in [0.2, 0.25) is 0 Å². The molecule has 5 nitrogen and oxygen atoms in total. The molecule has 284 valence electrons. The fraction of sp³-hybridized carbons (Fsp3) is 0.160. The predicted octanol–water partition coefficient (Wildman–Crippen LogP) is 10.8. The fourth-order valence-electron chi connectivity index (χ4n) is 7.81. The van der Waals surface area contributed by atoms with Crippen LogP contribution in [0, 0.1) is 0 Å². The van der Waals surface area contributed by atoms with Crippen molar-refractivity contribution >= 4 is 51.0 Å². The molecule has 0 bridgehead atoms. The summed E-state index contributed by atoms with van der Waals surface area (Å²) in [6.45, 7) is 6.91. The standard InChI is InChI=1S/C50H47N3O2PS/c1-3-52(4-2)40-30-26-38(27-31-40)47-34-35-48(57-47)53-50(54)46-25-15-14-24-45(46)49(51-53)39-28-32-41(33-29-39)55-36-16-17-37-56(42-18-8-5-9-19-42,43-20-10-6-11-21-43)44-22-12-7-13-23-44/h5-15,18-35H,3-4,16-17,36-37H2,1-2H3/q+1. The van der Waals surface area contributed by atoms with Gasteiger partial charge in [-0.2, -0.15) is 9.78 Å². The van der Waals surface area contributed by atoms with E-state index in [1.807, 2.05) is 54.6 Å². The molecule has 57 heavy (non-hydrogen) atoms. The number of rotatable bonds is 15. The molecule has 0 atom stereocenters. The number of anilines is 1. The first-order valence-electron chi connectivity index (χ1n) is 19.8. The third kappa shape index (κ3) is 7.94. The van der Waals surface area contributed by atoms with Crippen LogP contribution in [-0.4, -0.2) is 35.6 Å². The first-order valence-corrected chi connectivity index (χ1v) is 22.6. The van der Waals surface area contributed by atoms with Crippen molar-refractivity contribution in [2.24, 2.45) is 0 Å². The van der Waals surface area contributed by atoms with Crippen LogP contribution >= 0.6 is 18.6 Å². The normalized spacial score (nSPS) is 11.5. The van der Waals surface area contributed by atoms with Crippen molar-refractivity contribution in [3.8, 4) is 32.4 Å². The van der Waals surface area contributed by atoms with Crippen LogP contribution in [0.3, 0.4) is 0 Å². The predicted molar refractivity (Wildman–Crippen MR) is 244 cm³/mol. The van der Waals surface area contributed by atoms with E-state index in [1.54, 1.807) is 16.0 Å². The molecule has 0 aliphatic carbocycles. The molecule has 7 heteroatoms. The Kier molecular flexibility index (Phi) is 11.7. The van der Waals surface area contributed by atoms with Gasteiger partial charge in [-0.25, -0.2) is 0 Å². The molecule has 2 aromatic heterocycles. The molecule has 0 aliphatic rings. The Hall–Kier alpha value is -5.81. The van der Waals surface area contributed by atoms with Crippen LogP contribution in [-0.2, 0) is 0 Å². The van der Waals surface area contributed by atoms with Crippen LogP contribution in [0.5, 0.6) is 5.75 Å². The molecular formula is C50H47N3O2PS+. The first kappa shape index (κ1) is 38.1. The maximum absolute atomic E-state index is 13.9. The smallest absolute Gasteiger partial charge is 0.280 e. The topological polar surface area (TPSA) is 47.4 Å². The second-order valence-electron chi connectivity index (χ2n) is 14.1. The molecule has 2 heterocycles. The highest BCUT2D eigenvalue weighted by molar-refractivity contribution is 7.95. The van der Waals surface area contributed by atoms with Crippen molar-refractivity contribution in [2.75, 3.05) is 30.8 Å². The molecule has 0 unspecified atom stereocenters. The minimum absolute atomic E-state index is 0.127. The summed E-state index contributed by atoms with van der Waals surface area (Å²) in [5, 5.41) is 11.5. The minimum atomic E-state index is -1.87. The van der Waals surface area contributed by atoms with Gasteiger partial charge in [-0.1, -0.05) is 84.9 Å². The van der Waals surface area contributed by atoms with Gasteiger partial charge in [-0.3, -0.25) is 4.79 Å². The second kappa shape index (κ2) is 17.5. The van der Waals surface area contributed by atoms with Gasteiger partial charge in [-0.15, -0.1) is 11.3 Å². The van der Waals surface area contributed by atoms with E-state index in [0.29, 0.717) is 12.0 Å². The first-order chi connectivity index (χ1) is 28.1. The van der Waals surface area contributed by atoms with Gasteiger partial charge in [0.15, 0.2) is 0 Å². The van der Waals surface area contributed by atoms with Crippen molar-refractivity contribution in [1.29, 1.82) is 0 Å². The lowest BCUT2D eigenvalue weighted by molar-refractivity contribution is 0.310. The molecule has 0 saturated heterocycles. The summed E-state index contributed by atoms with van der Waals surface area (Å²) in [6.07, 6.45) is 3.04. The van der Waals surface area contributed by atoms with Gasteiger partial charge < -0.3 is 9.64 Å². The SMILES string of the molecule is CCN(CC)c1ccc(-c2ccc(-n3nc(-c4ccc(OCCCC[P+](c5ccccc5)(c5ccccc5)c5ccccc5)cc4)c4ccccc4c3=O)s2)cc1. The summed E-state index contributed by atoms with van der Waals surface area (Å²) in [7, 11) is -1.87. The Morgan fingerprint density at radius 1 is 0.596 bits per heavy atom.